The van der Waals surface area contributed by atoms with E-state index in [-0.39, 0.29) is 11.9 Å². The summed E-state index contributed by atoms with van der Waals surface area (Å²) in [6, 6.07) is 14.8. The third-order valence-electron chi connectivity index (χ3n) is 4.65. The second-order valence-electron chi connectivity index (χ2n) is 6.46. The number of nitrogens with zero attached hydrogens (tertiary/aromatic N) is 3. The molecule has 4 rings (SSSR count). The molecule has 1 amide bonds. The maximum absolute atomic E-state index is 12.9. The number of amides is 1. The van der Waals surface area contributed by atoms with Gasteiger partial charge in [-0.1, -0.05) is 58.7 Å². The maximum atomic E-state index is 12.9. The molecule has 2 aromatic carbocycles. The lowest BCUT2D eigenvalue weighted by Gasteiger charge is -2.22. The van der Waals surface area contributed by atoms with Gasteiger partial charge >= 0.3 is 0 Å². The van der Waals surface area contributed by atoms with Crippen LogP contribution in [-0.4, -0.2) is 27.5 Å². The third-order valence-corrected chi connectivity index (χ3v) is 4.98. The summed E-state index contributed by atoms with van der Waals surface area (Å²) >= 11 is 6.19. The molecular weight excluding hydrogens is 350 g/mol. The zero-order valence-electron chi connectivity index (χ0n) is 14.4. The van der Waals surface area contributed by atoms with Gasteiger partial charge in [0, 0.05) is 12.1 Å². The summed E-state index contributed by atoms with van der Waals surface area (Å²) in [4.78, 5) is 19.2. The minimum Gasteiger partial charge on any atom is -0.337 e. The van der Waals surface area contributed by atoms with Crippen LogP contribution in [0.25, 0.3) is 11.4 Å². The van der Waals surface area contributed by atoms with E-state index in [1.165, 1.54) is 5.56 Å². The minimum atomic E-state index is -0.217. The van der Waals surface area contributed by atoms with E-state index in [0.717, 1.165) is 18.4 Å². The lowest BCUT2D eigenvalue weighted by molar-refractivity contribution is 0.0710. The fraction of sp³-hybridized carbons (Fsp3) is 0.250. The molecule has 1 aromatic heterocycles. The van der Waals surface area contributed by atoms with Gasteiger partial charge in [0.15, 0.2) is 0 Å². The molecule has 1 aliphatic heterocycles. The molecule has 1 aliphatic rings. The molecule has 1 unspecified atom stereocenters. The first-order valence-electron chi connectivity index (χ1n) is 8.59. The Balaban J connectivity index is 1.60. The Morgan fingerprint density at radius 1 is 1.19 bits per heavy atom. The largest absolute Gasteiger partial charge is 0.337 e. The number of halogens is 1. The molecule has 2 heterocycles. The number of likely N-dealkylation sites (tertiary alicyclic amines) is 1. The molecule has 1 fully saturated rings. The van der Waals surface area contributed by atoms with Crippen molar-refractivity contribution in [2.45, 2.75) is 25.8 Å². The number of aryl methyl sites for hydroxylation is 1. The van der Waals surface area contributed by atoms with Gasteiger partial charge in [-0.25, -0.2) is 0 Å². The first-order chi connectivity index (χ1) is 12.6. The molecular formula is C20H18ClN3O2. The van der Waals surface area contributed by atoms with Gasteiger partial charge in [0.05, 0.1) is 10.6 Å². The second kappa shape index (κ2) is 6.92. The van der Waals surface area contributed by atoms with E-state index in [1.807, 2.05) is 43.3 Å². The Bertz CT molecular complexity index is 936. The molecule has 1 saturated heterocycles. The van der Waals surface area contributed by atoms with Crippen molar-refractivity contribution in [3.05, 3.63) is 70.6 Å². The van der Waals surface area contributed by atoms with E-state index in [9.17, 15) is 4.79 Å². The van der Waals surface area contributed by atoms with E-state index in [0.29, 0.717) is 28.8 Å². The predicted octanol–water partition coefficient (Wildman–Crippen LogP) is 4.68. The minimum absolute atomic E-state index is 0.104. The highest BCUT2D eigenvalue weighted by Gasteiger charge is 2.35. The van der Waals surface area contributed by atoms with Crippen LogP contribution in [0.1, 0.15) is 40.7 Å². The quantitative estimate of drug-likeness (QED) is 0.674. The fourth-order valence-electron chi connectivity index (χ4n) is 3.25. The van der Waals surface area contributed by atoms with Crippen LogP contribution in [0.5, 0.6) is 0 Å². The molecule has 0 N–H and O–H groups in total. The number of rotatable bonds is 3. The highest BCUT2D eigenvalue weighted by Crippen LogP contribution is 2.34. The van der Waals surface area contributed by atoms with Gasteiger partial charge < -0.3 is 9.42 Å². The van der Waals surface area contributed by atoms with Gasteiger partial charge in [0.25, 0.3) is 5.91 Å². The summed E-state index contributed by atoms with van der Waals surface area (Å²) in [6.07, 6.45) is 1.69. The lowest BCUT2D eigenvalue weighted by Crippen LogP contribution is -2.30. The molecule has 1 atom stereocenters. The summed E-state index contributed by atoms with van der Waals surface area (Å²) in [5, 5.41) is 4.55. The van der Waals surface area contributed by atoms with E-state index < -0.39 is 0 Å². The van der Waals surface area contributed by atoms with Crippen LogP contribution in [0.4, 0.5) is 0 Å². The molecule has 5 nitrogen and oxygen atoms in total. The topological polar surface area (TPSA) is 59.2 Å². The Morgan fingerprint density at radius 2 is 1.96 bits per heavy atom. The third kappa shape index (κ3) is 3.10. The van der Waals surface area contributed by atoms with Crippen LogP contribution in [0.15, 0.2) is 53.1 Å². The summed E-state index contributed by atoms with van der Waals surface area (Å²) in [6.45, 7) is 2.68. The van der Waals surface area contributed by atoms with Crippen LogP contribution < -0.4 is 0 Å². The highest BCUT2D eigenvalue weighted by atomic mass is 35.5. The summed E-state index contributed by atoms with van der Waals surface area (Å²) in [5.74, 6) is 0.906. The smallest absolute Gasteiger partial charge is 0.256 e. The summed E-state index contributed by atoms with van der Waals surface area (Å²) in [5.41, 5.74) is 2.57. The number of carbonyl (C=O) groups excluding carboxylic acids is 1. The molecule has 0 saturated carbocycles. The summed E-state index contributed by atoms with van der Waals surface area (Å²) < 4.78 is 5.49. The monoisotopic (exact) mass is 367 g/mol. The van der Waals surface area contributed by atoms with Crippen molar-refractivity contribution in [2.24, 2.45) is 0 Å². The number of aromatic nitrogens is 2. The van der Waals surface area contributed by atoms with Crippen molar-refractivity contribution in [1.82, 2.24) is 15.0 Å². The maximum Gasteiger partial charge on any atom is 0.256 e. The molecule has 6 heteroatoms. The second-order valence-corrected chi connectivity index (χ2v) is 6.87. The van der Waals surface area contributed by atoms with Gasteiger partial charge in [-0.15, -0.1) is 0 Å². The standard InChI is InChI=1S/C20H18ClN3O2/c1-13-8-10-14(11-9-13)18-22-19(26-23-18)17-7-4-12-24(17)20(25)15-5-2-3-6-16(15)21/h2-3,5-6,8-11,17H,4,7,12H2,1H3. The van der Waals surface area contributed by atoms with Crippen LogP contribution in [0.2, 0.25) is 5.02 Å². The zero-order valence-corrected chi connectivity index (χ0v) is 15.1. The van der Waals surface area contributed by atoms with Crippen LogP contribution in [0.3, 0.4) is 0 Å². The van der Waals surface area contributed by atoms with E-state index >= 15 is 0 Å². The van der Waals surface area contributed by atoms with Gasteiger partial charge in [-0.2, -0.15) is 4.98 Å². The summed E-state index contributed by atoms with van der Waals surface area (Å²) in [7, 11) is 0. The number of carbonyl (C=O) groups is 1. The van der Waals surface area contributed by atoms with E-state index in [4.69, 9.17) is 16.1 Å². The number of hydrogen-bond acceptors (Lipinski definition) is 4. The Kier molecular flexibility index (Phi) is 4.47. The van der Waals surface area contributed by atoms with Gasteiger partial charge in [-0.3, -0.25) is 4.79 Å². The molecule has 0 radical (unpaired) electrons. The van der Waals surface area contributed by atoms with E-state index in [2.05, 4.69) is 10.1 Å². The lowest BCUT2D eigenvalue weighted by atomic mass is 10.1. The van der Waals surface area contributed by atoms with Crippen LogP contribution >= 0.6 is 11.6 Å². The first-order valence-corrected chi connectivity index (χ1v) is 8.97. The van der Waals surface area contributed by atoms with Gasteiger partial charge in [-0.05, 0) is 31.9 Å². The molecule has 0 aliphatic carbocycles. The predicted molar refractivity (Wildman–Crippen MR) is 98.9 cm³/mol. The Labute approximate surface area is 156 Å². The van der Waals surface area contributed by atoms with Crippen molar-refractivity contribution in [3.63, 3.8) is 0 Å². The average molecular weight is 368 g/mol. The normalized spacial score (nSPS) is 16.8. The van der Waals surface area contributed by atoms with Crippen molar-refractivity contribution in [3.8, 4) is 11.4 Å². The number of hydrogen-bond donors (Lipinski definition) is 0. The van der Waals surface area contributed by atoms with Crippen LogP contribution in [-0.2, 0) is 0 Å². The van der Waals surface area contributed by atoms with E-state index in [1.54, 1.807) is 17.0 Å². The molecule has 3 aromatic rings. The van der Waals surface area contributed by atoms with Crippen molar-refractivity contribution in [1.29, 1.82) is 0 Å². The van der Waals surface area contributed by atoms with Gasteiger partial charge in [0.1, 0.15) is 6.04 Å². The molecule has 132 valence electrons. The zero-order chi connectivity index (χ0) is 18.1. The average Bonchev–Trinajstić information content (AvgIpc) is 3.31. The van der Waals surface area contributed by atoms with Gasteiger partial charge in [0.2, 0.25) is 11.7 Å². The van der Waals surface area contributed by atoms with Crippen LogP contribution in [0, 0.1) is 6.92 Å². The molecule has 26 heavy (non-hydrogen) atoms. The fourth-order valence-corrected chi connectivity index (χ4v) is 3.46. The van der Waals surface area contributed by atoms with Crippen molar-refractivity contribution in [2.75, 3.05) is 6.54 Å². The highest BCUT2D eigenvalue weighted by molar-refractivity contribution is 6.33. The van der Waals surface area contributed by atoms with Crippen molar-refractivity contribution >= 4 is 17.5 Å². The Hall–Kier alpha value is -2.66. The molecule has 0 spiro atoms. The molecule has 0 bridgehead atoms. The SMILES string of the molecule is Cc1ccc(-c2noc(C3CCCN3C(=O)c3ccccc3Cl)n2)cc1. The Morgan fingerprint density at radius 3 is 2.73 bits per heavy atom. The first kappa shape index (κ1) is 16.8. The number of benzene rings is 2. The van der Waals surface area contributed by atoms with Crippen molar-refractivity contribution < 1.29 is 9.32 Å².